The molecule has 0 aliphatic heterocycles. The van der Waals surface area contributed by atoms with E-state index in [9.17, 15) is 0 Å². The molecule has 0 aliphatic rings. The van der Waals surface area contributed by atoms with Gasteiger partial charge in [0.2, 0.25) is 0 Å². The first-order valence-corrected chi connectivity index (χ1v) is 14.4. The van der Waals surface area contributed by atoms with Crippen LogP contribution < -0.4 is 0 Å². The quantitative estimate of drug-likeness (QED) is 0.232. The number of benzene rings is 3. The largest absolute Gasteiger partial charge is 0.462 e. The van der Waals surface area contributed by atoms with E-state index in [0.717, 1.165) is 39.9 Å². The van der Waals surface area contributed by atoms with Crippen molar-refractivity contribution in [1.29, 1.82) is 0 Å². The molecule has 0 aliphatic carbocycles. The number of pyridine rings is 1. The molecule has 6 aromatic rings. The van der Waals surface area contributed by atoms with Gasteiger partial charge in [-0.1, -0.05) is 71.0 Å². The van der Waals surface area contributed by atoms with Crippen molar-refractivity contribution in [3.05, 3.63) is 88.5 Å². The zero-order valence-electron chi connectivity index (χ0n) is 23.4. The second kappa shape index (κ2) is 9.10. The summed E-state index contributed by atoms with van der Waals surface area (Å²) in [7, 11) is 0. The molecule has 0 spiro atoms. The van der Waals surface area contributed by atoms with E-state index < -0.39 is 0 Å². The molecule has 0 radical (unpaired) electrons. The molecule has 2 nitrogen and oxygen atoms in total. The second-order valence-electron chi connectivity index (χ2n) is 12.1. The Bertz CT molecular complexity index is 1830. The van der Waals surface area contributed by atoms with Crippen LogP contribution in [0.2, 0.25) is 0 Å². The predicted octanol–water partition coefficient (Wildman–Crippen LogP) is 10.6. The molecular formula is C35H35NOS. The lowest BCUT2D eigenvalue weighted by molar-refractivity contribution is 0.596. The molecule has 0 atom stereocenters. The fourth-order valence-electron chi connectivity index (χ4n) is 5.67. The molecular weight excluding hydrogens is 482 g/mol. The Morgan fingerprint density at radius 3 is 2.45 bits per heavy atom. The molecule has 0 N–H and O–H groups in total. The van der Waals surface area contributed by atoms with Gasteiger partial charge < -0.3 is 4.42 Å². The number of aryl methyl sites for hydroxylation is 2. The Balaban J connectivity index is 1.58. The van der Waals surface area contributed by atoms with Crippen LogP contribution in [0.25, 0.3) is 54.3 Å². The van der Waals surface area contributed by atoms with Crippen LogP contribution in [0.4, 0.5) is 0 Å². The summed E-state index contributed by atoms with van der Waals surface area (Å²) < 4.78 is 7.45. The van der Waals surface area contributed by atoms with Crippen molar-refractivity contribution in [1.82, 2.24) is 4.98 Å². The maximum absolute atomic E-state index is 6.11. The van der Waals surface area contributed by atoms with E-state index >= 15 is 0 Å². The molecule has 3 aromatic carbocycles. The molecule has 3 heterocycles. The second-order valence-corrected chi connectivity index (χ2v) is 13.3. The third kappa shape index (κ3) is 4.23. The summed E-state index contributed by atoms with van der Waals surface area (Å²) in [6, 6.07) is 22.4. The minimum Gasteiger partial charge on any atom is -0.462 e. The van der Waals surface area contributed by atoms with E-state index in [1.54, 1.807) is 0 Å². The first-order chi connectivity index (χ1) is 18.1. The van der Waals surface area contributed by atoms with Gasteiger partial charge in [-0.05, 0) is 88.7 Å². The van der Waals surface area contributed by atoms with E-state index in [0.29, 0.717) is 5.92 Å². The summed E-state index contributed by atoms with van der Waals surface area (Å²) in [5, 5.41) is 3.94. The van der Waals surface area contributed by atoms with Gasteiger partial charge in [-0.2, -0.15) is 0 Å². The highest BCUT2D eigenvalue weighted by Gasteiger charge is 2.21. The zero-order valence-corrected chi connectivity index (χ0v) is 24.2. The van der Waals surface area contributed by atoms with Crippen LogP contribution in [-0.2, 0) is 11.8 Å². The van der Waals surface area contributed by atoms with Crippen LogP contribution >= 0.6 is 11.3 Å². The van der Waals surface area contributed by atoms with Crippen molar-refractivity contribution in [3.8, 4) is 22.4 Å². The van der Waals surface area contributed by atoms with Crippen LogP contribution in [0.1, 0.15) is 56.2 Å². The van der Waals surface area contributed by atoms with Crippen molar-refractivity contribution in [3.63, 3.8) is 0 Å². The van der Waals surface area contributed by atoms with Gasteiger partial charge in [-0.15, -0.1) is 11.3 Å². The average molecular weight is 518 g/mol. The van der Waals surface area contributed by atoms with Crippen LogP contribution in [0.3, 0.4) is 0 Å². The molecule has 0 fully saturated rings. The maximum atomic E-state index is 6.11. The minimum absolute atomic E-state index is 0.0177. The van der Waals surface area contributed by atoms with E-state index in [2.05, 4.69) is 109 Å². The minimum atomic E-state index is 0.0177. The van der Waals surface area contributed by atoms with E-state index in [-0.39, 0.29) is 5.41 Å². The fourth-order valence-corrected chi connectivity index (χ4v) is 6.80. The summed E-state index contributed by atoms with van der Waals surface area (Å²) in [6.07, 6.45) is 2.95. The van der Waals surface area contributed by atoms with Crippen molar-refractivity contribution in [2.45, 2.75) is 60.3 Å². The van der Waals surface area contributed by atoms with Crippen LogP contribution in [0.5, 0.6) is 0 Å². The number of hydrogen-bond acceptors (Lipinski definition) is 3. The van der Waals surface area contributed by atoms with Crippen molar-refractivity contribution in [2.24, 2.45) is 5.92 Å². The molecule has 38 heavy (non-hydrogen) atoms. The Morgan fingerprint density at radius 1 is 0.895 bits per heavy atom. The first-order valence-electron chi connectivity index (χ1n) is 13.5. The SMILES string of the molecule is Cc1sc2cc(-c3cc(-c4cc(C(C)(C)C)c5ccccc5c4)nc4c(C)coc34)ccc2c1CC(C)C. The van der Waals surface area contributed by atoms with Crippen molar-refractivity contribution >= 4 is 43.3 Å². The lowest BCUT2D eigenvalue weighted by atomic mass is 9.82. The van der Waals surface area contributed by atoms with E-state index in [1.165, 1.54) is 42.4 Å². The van der Waals surface area contributed by atoms with Gasteiger partial charge in [0.15, 0.2) is 5.58 Å². The van der Waals surface area contributed by atoms with Gasteiger partial charge in [0, 0.05) is 26.3 Å². The van der Waals surface area contributed by atoms with Crippen LogP contribution in [0.15, 0.2) is 71.3 Å². The fraction of sp³-hybridized carbons (Fsp3) is 0.286. The normalized spacial score (nSPS) is 12.4. The van der Waals surface area contributed by atoms with E-state index in [4.69, 9.17) is 9.40 Å². The van der Waals surface area contributed by atoms with Gasteiger partial charge in [-0.25, -0.2) is 4.98 Å². The van der Waals surface area contributed by atoms with Crippen LogP contribution in [0, 0.1) is 19.8 Å². The van der Waals surface area contributed by atoms with E-state index in [1.807, 2.05) is 17.6 Å². The highest BCUT2D eigenvalue weighted by Crippen LogP contribution is 2.40. The van der Waals surface area contributed by atoms with Gasteiger partial charge in [0.05, 0.1) is 12.0 Å². The monoisotopic (exact) mass is 517 g/mol. The molecule has 192 valence electrons. The number of aromatic nitrogens is 1. The lowest BCUT2D eigenvalue weighted by Gasteiger charge is -2.23. The lowest BCUT2D eigenvalue weighted by Crippen LogP contribution is -2.12. The van der Waals surface area contributed by atoms with Crippen molar-refractivity contribution in [2.75, 3.05) is 0 Å². The summed E-state index contributed by atoms with van der Waals surface area (Å²) >= 11 is 1.90. The topological polar surface area (TPSA) is 26.0 Å². The average Bonchev–Trinajstić information content (AvgIpc) is 3.40. The van der Waals surface area contributed by atoms with Gasteiger partial charge in [0.25, 0.3) is 0 Å². The number of hydrogen-bond donors (Lipinski definition) is 0. The number of thiophene rings is 1. The summed E-state index contributed by atoms with van der Waals surface area (Å²) in [4.78, 5) is 6.57. The maximum Gasteiger partial charge on any atom is 0.160 e. The predicted molar refractivity (Wildman–Crippen MR) is 164 cm³/mol. The highest BCUT2D eigenvalue weighted by molar-refractivity contribution is 7.19. The third-order valence-corrected chi connectivity index (χ3v) is 8.69. The molecule has 3 aromatic heterocycles. The van der Waals surface area contributed by atoms with Gasteiger partial charge in [0.1, 0.15) is 5.52 Å². The Labute approximate surface area is 229 Å². The number of nitrogens with zero attached hydrogens (tertiary/aromatic N) is 1. The summed E-state index contributed by atoms with van der Waals surface area (Å²) in [5.41, 5.74) is 10.1. The number of rotatable bonds is 4. The van der Waals surface area contributed by atoms with Crippen LogP contribution in [-0.4, -0.2) is 4.98 Å². The van der Waals surface area contributed by atoms with Gasteiger partial charge in [-0.3, -0.25) is 0 Å². The van der Waals surface area contributed by atoms with Gasteiger partial charge >= 0.3 is 0 Å². The Hall–Kier alpha value is -3.43. The van der Waals surface area contributed by atoms with Crippen molar-refractivity contribution < 1.29 is 4.42 Å². The molecule has 0 bridgehead atoms. The summed E-state index contributed by atoms with van der Waals surface area (Å²) in [5.74, 6) is 0.639. The Kier molecular flexibility index (Phi) is 5.96. The smallest absolute Gasteiger partial charge is 0.160 e. The molecule has 0 amide bonds. The Morgan fingerprint density at radius 2 is 1.68 bits per heavy atom. The molecule has 6 rings (SSSR count). The highest BCUT2D eigenvalue weighted by atomic mass is 32.1. The first kappa shape index (κ1) is 24.9. The number of furan rings is 1. The molecule has 3 heteroatoms. The molecule has 0 saturated carbocycles. The summed E-state index contributed by atoms with van der Waals surface area (Å²) in [6.45, 7) is 15.8. The molecule has 0 saturated heterocycles. The number of fused-ring (bicyclic) bond motifs is 3. The standard InChI is InChI=1S/C35H35NOS/c1-20(2)14-28-22(4)38-32-17-24(12-13-27(28)32)29-18-31(36-33-21(3)19-37-34(29)33)25-15-23-10-8-9-11-26(23)30(16-25)35(5,6)7/h8-13,15-20H,14H2,1-7H3. The zero-order chi connectivity index (χ0) is 26.8. The third-order valence-electron chi connectivity index (χ3n) is 7.58. The molecule has 0 unspecified atom stereocenters.